The van der Waals surface area contributed by atoms with Gasteiger partial charge in [-0.1, -0.05) is 17.7 Å². The van der Waals surface area contributed by atoms with E-state index < -0.39 is 6.10 Å². The van der Waals surface area contributed by atoms with Crippen molar-refractivity contribution in [1.82, 2.24) is 0 Å². The normalized spacial score (nSPS) is 21.6. The summed E-state index contributed by atoms with van der Waals surface area (Å²) in [7, 11) is 0. The molecular formula is C14H19ClO3. The summed E-state index contributed by atoms with van der Waals surface area (Å²) in [5.41, 5.74) is 0.793. The maximum absolute atomic E-state index is 9.45. The summed E-state index contributed by atoms with van der Waals surface area (Å²) < 4.78 is 11.3. The molecule has 0 aromatic heterocycles. The van der Waals surface area contributed by atoms with Crippen LogP contribution in [0.25, 0.3) is 0 Å². The number of halogens is 1. The molecule has 1 aromatic rings. The van der Waals surface area contributed by atoms with Gasteiger partial charge in [-0.25, -0.2) is 0 Å². The van der Waals surface area contributed by atoms with Crippen LogP contribution in [0.3, 0.4) is 0 Å². The molecule has 4 heteroatoms. The molecule has 1 aromatic carbocycles. The Kier molecular flexibility index (Phi) is 4.87. The van der Waals surface area contributed by atoms with Crippen molar-refractivity contribution < 1.29 is 14.6 Å². The zero-order valence-electron chi connectivity index (χ0n) is 10.6. The van der Waals surface area contributed by atoms with Gasteiger partial charge in [-0.15, -0.1) is 0 Å². The summed E-state index contributed by atoms with van der Waals surface area (Å²) in [6.45, 7) is 3.07. The van der Waals surface area contributed by atoms with Crippen LogP contribution in [0.4, 0.5) is 0 Å². The van der Waals surface area contributed by atoms with Gasteiger partial charge in [-0.2, -0.15) is 0 Å². The molecule has 2 rings (SSSR count). The fourth-order valence-electron chi connectivity index (χ4n) is 2.02. The number of hydrogen-bond acceptors (Lipinski definition) is 3. The van der Waals surface area contributed by atoms with Crippen LogP contribution in [-0.2, 0) is 4.74 Å². The molecule has 18 heavy (non-hydrogen) atoms. The Morgan fingerprint density at radius 3 is 2.94 bits per heavy atom. The van der Waals surface area contributed by atoms with Crippen molar-refractivity contribution in [2.45, 2.75) is 38.4 Å². The molecule has 2 unspecified atom stereocenters. The highest BCUT2D eigenvalue weighted by Gasteiger charge is 2.15. The lowest BCUT2D eigenvalue weighted by molar-refractivity contribution is -0.0110. The van der Waals surface area contributed by atoms with Crippen molar-refractivity contribution in [3.05, 3.63) is 28.8 Å². The van der Waals surface area contributed by atoms with Crippen LogP contribution in [-0.4, -0.2) is 24.4 Å². The van der Waals surface area contributed by atoms with Gasteiger partial charge in [0.15, 0.2) is 0 Å². The van der Waals surface area contributed by atoms with E-state index in [1.165, 1.54) is 6.42 Å². The van der Waals surface area contributed by atoms with Crippen LogP contribution in [0.15, 0.2) is 18.2 Å². The number of ether oxygens (including phenoxy) is 2. The highest BCUT2D eigenvalue weighted by Crippen LogP contribution is 2.28. The predicted molar refractivity (Wildman–Crippen MR) is 71.2 cm³/mol. The maximum atomic E-state index is 9.45. The molecule has 1 fully saturated rings. The Hall–Kier alpha value is -0.770. The summed E-state index contributed by atoms with van der Waals surface area (Å²) >= 11 is 6.11. The minimum atomic E-state index is -0.516. The fourth-order valence-corrected chi connectivity index (χ4v) is 2.26. The third-order valence-corrected chi connectivity index (χ3v) is 3.43. The summed E-state index contributed by atoms with van der Waals surface area (Å²) in [5.74, 6) is 0.648. The number of aliphatic hydroxyl groups is 1. The zero-order chi connectivity index (χ0) is 13.0. The Bertz CT molecular complexity index is 387. The predicted octanol–water partition coefficient (Wildman–Crippen LogP) is 3.34. The third kappa shape index (κ3) is 3.61. The molecule has 0 saturated carbocycles. The zero-order valence-corrected chi connectivity index (χ0v) is 11.3. The largest absolute Gasteiger partial charge is 0.489 e. The molecular weight excluding hydrogens is 252 g/mol. The lowest BCUT2D eigenvalue weighted by Crippen LogP contribution is -2.25. The van der Waals surface area contributed by atoms with Crippen molar-refractivity contribution in [2.75, 3.05) is 13.2 Å². The van der Waals surface area contributed by atoms with E-state index in [-0.39, 0.29) is 6.10 Å². The van der Waals surface area contributed by atoms with Gasteiger partial charge in [0.2, 0.25) is 0 Å². The fraction of sp³-hybridized carbons (Fsp3) is 0.571. The van der Waals surface area contributed by atoms with E-state index in [0.717, 1.165) is 25.0 Å². The molecule has 0 aliphatic carbocycles. The van der Waals surface area contributed by atoms with E-state index in [9.17, 15) is 5.11 Å². The maximum Gasteiger partial charge on any atom is 0.138 e. The molecule has 3 nitrogen and oxygen atoms in total. The van der Waals surface area contributed by atoms with Gasteiger partial charge < -0.3 is 14.6 Å². The average Bonchev–Trinajstić information content (AvgIpc) is 2.38. The average molecular weight is 271 g/mol. The van der Waals surface area contributed by atoms with E-state index in [1.807, 2.05) is 6.07 Å². The second-order valence-corrected chi connectivity index (χ2v) is 5.07. The van der Waals surface area contributed by atoms with Gasteiger partial charge >= 0.3 is 0 Å². The first-order chi connectivity index (χ1) is 8.66. The topological polar surface area (TPSA) is 38.7 Å². The number of hydrogen-bond donors (Lipinski definition) is 1. The van der Waals surface area contributed by atoms with Crippen LogP contribution >= 0.6 is 11.6 Å². The van der Waals surface area contributed by atoms with Crippen molar-refractivity contribution in [3.63, 3.8) is 0 Å². The summed E-state index contributed by atoms with van der Waals surface area (Å²) in [6, 6.07) is 5.37. The first-order valence-electron chi connectivity index (χ1n) is 6.38. The van der Waals surface area contributed by atoms with E-state index in [1.54, 1.807) is 19.1 Å². The minimum absolute atomic E-state index is 0.172. The van der Waals surface area contributed by atoms with E-state index in [0.29, 0.717) is 17.4 Å². The monoisotopic (exact) mass is 270 g/mol. The second-order valence-electron chi connectivity index (χ2n) is 4.67. The minimum Gasteiger partial charge on any atom is -0.489 e. The molecule has 0 spiro atoms. The first kappa shape index (κ1) is 13.7. The van der Waals surface area contributed by atoms with Gasteiger partial charge in [0, 0.05) is 6.61 Å². The number of benzene rings is 1. The second kappa shape index (κ2) is 6.41. The van der Waals surface area contributed by atoms with Crippen molar-refractivity contribution >= 4 is 11.6 Å². The van der Waals surface area contributed by atoms with Gasteiger partial charge in [0.1, 0.15) is 12.4 Å². The number of rotatable bonds is 4. The van der Waals surface area contributed by atoms with Crippen LogP contribution in [0.5, 0.6) is 5.75 Å². The van der Waals surface area contributed by atoms with Gasteiger partial charge in [0.05, 0.1) is 17.2 Å². The quantitative estimate of drug-likeness (QED) is 0.912. The molecule has 1 aliphatic heterocycles. The molecule has 1 aliphatic rings. The standard InChI is InChI=1S/C14H19ClO3/c1-10(16)11-5-6-14(13(15)8-11)18-9-12-4-2-3-7-17-12/h5-6,8,10,12,16H,2-4,7,9H2,1H3. The molecule has 0 bridgehead atoms. The molecule has 0 amide bonds. The van der Waals surface area contributed by atoms with Crippen LogP contribution in [0.1, 0.15) is 37.9 Å². The first-order valence-corrected chi connectivity index (χ1v) is 6.76. The van der Waals surface area contributed by atoms with Crippen molar-refractivity contribution in [3.8, 4) is 5.75 Å². The number of aliphatic hydroxyl groups excluding tert-OH is 1. The van der Waals surface area contributed by atoms with Gasteiger partial charge in [-0.3, -0.25) is 0 Å². The van der Waals surface area contributed by atoms with Crippen molar-refractivity contribution in [1.29, 1.82) is 0 Å². The van der Waals surface area contributed by atoms with Crippen LogP contribution in [0, 0.1) is 0 Å². The SMILES string of the molecule is CC(O)c1ccc(OCC2CCCCO2)c(Cl)c1. The molecule has 2 atom stereocenters. The molecule has 1 N–H and O–H groups in total. The molecule has 0 radical (unpaired) electrons. The van der Waals surface area contributed by atoms with Gasteiger partial charge in [0.25, 0.3) is 0 Å². The van der Waals surface area contributed by atoms with E-state index in [2.05, 4.69) is 0 Å². The Labute approximate surface area is 113 Å². The molecule has 1 saturated heterocycles. The van der Waals surface area contributed by atoms with Gasteiger partial charge in [-0.05, 0) is 43.9 Å². The molecule has 1 heterocycles. The Balaban J connectivity index is 1.92. The smallest absolute Gasteiger partial charge is 0.138 e. The highest BCUT2D eigenvalue weighted by molar-refractivity contribution is 6.32. The van der Waals surface area contributed by atoms with Crippen LogP contribution < -0.4 is 4.74 Å². The van der Waals surface area contributed by atoms with E-state index in [4.69, 9.17) is 21.1 Å². The lowest BCUT2D eigenvalue weighted by atomic mass is 10.1. The summed E-state index contributed by atoms with van der Waals surface area (Å²) in [5, 5.41) is 9.99. The Morgan fingerprint density at radius 2 is 2.33 bits per heavy atom. The molecule has 100 valence electrons. The highest BCUT2D eigenvalue weighted by atomic mass is 35.5. The van der Waals surface area contributed by atoms with E-state index >= 15 is 0 Å². The third-order valence-electron chi connectivity index (χ3n) is 3.14. The van der Waals surface area contributed by atoms with Crippen LogP contribution in [0.2, 0.25) is 5.02 Å². The lowest BCUT2D eigenvalue weighted by Gasteiger charge is -2.23. The Morgan fingerprint density at radius 1 is 1.50 bits per heavy atom. The van der Waals surface area contributed by atoms with Crippen molar-refractivity contribution in [2.24, 2.45) is 0 Å². The summed E-state index contributed by atoms with van der Waals surface area (Å²) in [6.07, 6.45) is 3.04. The summed E-state index contributed by atoms with van der Waals surface area (Å²) in [4.78, 5) is 0.